The zero-order valence-corrected chi connectivity index (χ0v) is 10.8. The number of hydrogen-bond donors (Lipinski definition) is 1. The monoisotopic (exact) mass is 244 g/mol. The highest BCUT2D eigenvalue weighted by Crippen LogP contribution is 2.23. The summed E-state index contributed by atoms with van der Waals surface area (Å²) in [6.45, 7) is 3.94. The van der Waals surface area contributed by atoms with Crippen molar-refractivity contribution in [1.82, 2.24) is 9.97 Å². The van der Waals surface area contributed by atoms with E-state index >= 15 is 0 Å². The highest BCUT2D eigenvalue weighted by atomic mass is 16.5. The molecule has 4 nitrogen and oxygen atoms in total. The topological polar surface area (TPSA) is 55.0 Å². The Balaban J connectivity index is 2.51. The first-order valence-electron chi connectivity index (χ1n) is 5.89. The maximum Gasteiger partial charge on any atom is 0.251 e. The smallest absolute Gasteiger partial charge is 0.251 e. The molecule has 0 saturated heterocycles. The molecule has 0 saturated carbocycles. The normalized spacial score (nSPS) is 10.4. The number of hydrogen-bond acceptors (Lipinski definition) is 3. The summed E-state index contributed by atoms with van der Waals surface area (Å²) in [6, 6.07) is 7.25. The van der Waals surface area contributed by atoms with Crippen LogP contribution in [0, 0.1) is 6.92 Å². The number of H-pyrrole nitrogens is 1. The molecule has 0 atom stereocenters. The maximum absolute atomic E-state index is 11.5. The van der Waals surface area contributed by atoms with Crippen molar-refractivity contribution in [2.24, 2.45) is 0 Å². The number of nitrogens with one attached hydrogen (secondary N) is 1. The van der Waals surface area contributed by atoms with Gasteiger partial charge in [0.25, 0.3) is 5.56 Å². The summed E-state index contributed by atoms with van der Waals surface area (Å²) in [5, 5.41) is 0. The molecule has 2 rings (SSSR count). The molecular weight excluding hydrogens is 228 g/mol. The van der Waals surface area contributed by atoms with Gasteiger partial charge in [-0.2, -0.15) is 0 Å². The molecule has 0 aliphatic heterocycles. The van der Waals surface area contributed by atoms with Gasteiger partial charge in [0.2, 0.25) is 0 Å². The average Bonchev–Trinajstić information content (AvgIpc) is 2.37. The molecule has 0 radical (unpaired) electrons. The van der Waals surface area contributed by atoms with E-state index in [9.17, 15) is 4.79 Å². The quantitative estimate of drug-likeness (QED) is 0.901. The number of aromatic nitrogens is 2. The molecule has 0 spiro atoms. The Labute approximate surface area is 106 Å². The standard InChI is InChI=1S/C14H16N2O2/c1-4-11-8-13(17)16-14(15-11)10-5-6-12(18-3)9(2)7-10/h5-8H,4H2,1-3H3,(H,15,16,17). The van der Waals surface area contributed by atoms with Gasteiger partial charge >= 0.3 is 0 Å². The van der Waals surface area contributed by atoms with Gasteiger partial charge in [0.05, 0.1) is 7.11 Å². The van der Waals surface area contributed by atoms with Crippen molar-refractivity contribution < 1.29 is 4.74 Å². The molecule has 0 aliphatic rings. The lowest BCUT2D eigenvalue weighted by atomic mass is 10.1. The Hall–Kier alpha value is -2.10. The number of ether oxygens (including phenoxy) is 1. The fourth-order valence-electron chi connectivity index (χ4n) is 1.85. The van der Waals surface area contributed by atoms with E-state index in [0.29, 0.717) is 5.82 Å². The average molecular weight is 244 g/mol. The molecule has 0 aliphatic carbocycles. The van der Waals surface area contributed by atoms with E-state index < -0.39 is 0 Å². The Morgan fingerprint density at radius 2 is 2.11 bits per heavy atom. The second kappa shape index (κ2) is 5.04. The molecule has 0 bridgehead atoms. The lowest BCUT2D eigenvalue weighted by Crippen LogP contribution is -2.10. The highest BCUT2D eigenvalue weighted by Gasteiger charge is 2.06. The molecule has 0 fully saturated rings. The van der Waals surface area contributed by atoms with Gasteiger partial charge in [0.15, 0.2) is 0 Å². The molecule has 1 aromatic carbocycles. The molecule has 2 aromatic rings. The van der Waals surface area contributed by atoms with Gasteiger partial charge in [0, 0.05) is 17.3 Å². The number of aryl methyl sites for hydroxylation is 2. The molecule has 0 unspecified atom stereocenters. The Kier molecular flexibility index (Phi) is 3.46. The summed E-state index contributed by atoms with van der Waals surface area (Å²) in [7, 11) is 1.64. The van der Waals surface area contributed by atoms with Crippen LogP contribution in [0.25, 0.3) is 11.4 Å². The minimum absolute atomic E-state index is 0.120. The van der Waals surface area contributed by atoms with Crippen molar-refractivity contribution in [3.05, 3.63) is 45.9 Å². The van der Waals surface area contributed by atoms with Gasteiger partial charge in [0.1, 0.15) is 11.6 Å². The fourth-order valence-corrected chi connectivity index (χ4v) is 1.85. The Morgan fingerprint density at radius 3 is 2.72 bits per heavy atom. The van der Waals surface area contributed by atoms with E-state index in [1.807, 2.05) is 32.0 Å². The van der Waals surface area contributed by atoms with E-state index in [1.165, 1.54) is 6.07 Å². The van der Waals surface area contributed by atoms with Crippen LogP contribution in [0.2, 0.25) is 0 Å². The van der Waals surface area contributed by atoms with Crippen LogP contribution in [0.5, 0.6) is 5.75 Å². The number of benzene rings is 1. The third-order valence-electron chi connectivity index (χ3n) is 2.83. The second-order valence-corrected chi connectivity index (χ2v) is 4.12. The third kappa shape index (κ3) is 2.42. The van der Waals surface area contributed by atoms with Crippen molar-refractivity contribution in [1.29, 1.82) is 0 Å². The molecule has 1 heterocycles. The fraction of sp³-hybridized carbons (Fsp3) is 0.286. The number of nitrogens with zero attached hydrogens (tertiary/aromatic N) is 1. The van der Waals surface area contributed by atoms with Gasteiger partial charge < -0.3 is 9.72 Å². The SMILES string of the molecule is CCc1cc(=O)[nH]c(-c2ccc(OC)c(C)c2)n1. The summed E-state index contributed by atoms with van der Waals surface area (Å²) >= 11 is 0. The first-order valence-corrected chi connectivity index (χ1v) is 5.89. The predicted molar refractivity (Wildman–Crippen MR) is 71.0 cm³/mol. The van der Waals surface area contributed by atoms with E-state index in [2.05, 4.69) is 9.97 Å². The van der Waals surface area contributed by atoms with Crippen molar-refractivity contribution in [3.63, 3.8) is 0 Å². The van der Waals surface area contributed by atoms with Gasteiger partial charge in [-0.25, -0.2) is 4.98 Å². The van der Waals surface area contributed by atoms with Crippen molar-refractivity contribution in [3.8, 4) is 17.1 Å². The van der Waals surface area contributed by atoms with Crippen LogP contribution >= 0.6 is 0 Å². The van der Waals surface area contributed by atoms with Crippen LogP contribution in [0.3, 0.4) is 0 Å². The number of rotatable bonds is 3. The van der Waals surface area contributed by atoms with Crippen LogP contribution in [-0.2, 0) is 6.42 Å². The van der Waals surface area contributed by atoms with Crippen LogP contribution in [0.4, 0.5) is 0 Å². The van der Waals surface area contributed by atoms with E-state index in [0.717, 1.165) is 29.0 Å². The third-order valence-corrected chi connectivity index (χ3v) is 2.83. The summed E-state index contributed by atoms with van der Waals surface area (Å²) in [6.07, 6.45) is 0.742. The summed E-state index contributed by atoms with van der Waals surface area (Å²) < 4.78 is 5.21. The molecule has 94 valence electrons. The first-order chi connectivity index (χ1) is 8.63. The zero-order valence-electron chi connectivity index (χ0n) is 10.8. The molecule has 4 heteroatoms. The van der Waals surface area contributed by atoms with E-state index in [1.54, 1.807) is 7.11 Å². The lowest BCUT2D eigenvalue weighted by Gasteiger charge is -2.07. The van der Waals surface area contributed by atoms with E-state index in [4.69, 9.17) is 4.74 Å². The van der Waals surface area contributed by atoms with Crippen molar-refractivity contribution in [2.45, 2.75) is 20.3 Å². The lowest BCUT2D eigenvalue weighted by molar-refractivity contribution is 0.412. The Bertz CT molecular complexity index is 617. The Morgan fingerprint density at radius 1 is 1.33 bits per heavy atom. The highest BCUT2D eigenvalue weighted by molar-refractivity contribution is 5.58. The largest absolute Gasteiger partial charge is 0.496 e. The summed E-state index contributed by atoms with van der Waals surface area (Å²) in [5.74, 6) is 1.43. The number of aromatic amines is 1. The first kappa shape index (κ1) is 12.4. The van der Waals surface area contributed by atoms with Crippen LogP contribution in [0.1, 0.15) is 18.2 Å². The van der Waals surface area contributed by atoms with Crippen LogP contribution < -0.4 is 10.3 Å². The summed E-state index contributed by atoms with van der Waals surface area (Å²) in [4.78, 5) is 18.7. The van der Waals surface area contributed by atoms with Crippen LogP contribution in [0.15, 0.2) is 29.1 Å². The molecule has 18 heavy (non-hydrogen) atoms. The second-order valence-electron chi connectivity index (χ2n) is 4.12. The molecular formula is C14H16N2O2. The van der Waals surface area contributed by atoms with Crippen molar-refractivity contribution in [2.75, 3.05) is 7.11 Å². The zero-order chi connectivity index (χ0) is 13.1. The van der Waals surface area contributed by atoms with Gasteiger partial charge in [-0.15, -0.1) is 0 Å². The minimum Gasteiger partial charge on any atom is -0.496 e. The number of methoxy groups -OCH3 is 1. The summed E-state index contributed by atoms with van der Waals surface area (Å²) in [5.41, 5.74) is 2.58. The predicted octanol–water partition coefficient (Wildman–Crippen LogP) is 2.32. The molecule has 0 amide bonds. The van der Waals surface area contributed by atoms with E-state index in [-0.39, 0.29) is 5.56 Å². The molecule has 1 aromatic heterocycles. The van der Waals surface area contributed by atoms with Gasteiger partial charge in [-0.1, -0.05) is 6.92 Å². The maximum atomic E-state index is 11.5. The van der Waals surface area contributed by atoms with Gasteiger partial charge in [-0.05, 0) is 37.1 Å². The minimum atomic E-state index is -0.120. The van der Waals surface area contributed by atoms with Gasteiger partial charge in [-0.3, -0.25) is 4.79 Å². The molecule has 1 N–H and O–H groups in total. The van der Waals surface area contributed by atoms with Crippen LogP contribution in [-0.4, -0.2) is 17.1 Å². The van der Waals surface area contributed by atoms with Crippen molar-refractivity contribution >= 4 is 0 Å².